The summed E-state index contributed by atoms with van der Waals surface area (Å²) in [6.45, 7) is 5.06. The van der Waals surface area contributed by atoms with Crippen LogP contribution in [0.1, 0.15) is 27.2 Å². The van der Waals surface area contributed by atoms with E-state index < -0.39 is 23.3 Å². The summed E-state index contributed by atoms with van der Waals surface area (Å²) in [7, 11) is 0. The molecule has 0 bridgehead atoms. The number of fused-ring (bicyclic) bond motifs is 1. The van der Waals surface area contributed by atoms with Gasteiger partial charge in [0, 0.05) is 41.9 Å². The number of ether oxygens (including phenoxy) is 1. The molecule has 0 spiro atoms. The molecule has 4 aromatic rings. The van der Waals surface area contributed by atoms with Crippen molar-refractivity contribution in [2.45, 2.75) is 20.0 Å². The molecular formula is C26H24F3N7O3. The minimum Gasteiger partial charge on any atom is -0.378 e. The number of amides is 1. The molecule has 1 aliphatic rings. The van der Waals surface area contributed by atoms with Crippen LogP contribution >= 0.6 is 0 Å². The van der Waals surface area contributed by atoms with Crippen molar-refractivity contribution >= 4 is 34.3 Å². The highest BCUT2D eigenvalue weighted by Crippen LogP contribution is 2.34. The molecule has 5 rings (SSSR count). The first-order valence-electron chi connectivity index (χ1n) is 12.0. The van der Waals surface area contributed by atoms with Gasteiger partial charge in [0.1, 0.15) is 0 Å². The molecule has 1 aliphatic heterocycles. The second kappa shape index (κ2) is 9.98. The van der Waals surface area contributed by atoms with E-state index in [1.807, 2.05) is 0 Å². The summed E-state index contributed by atoms with van der Waals surface area (Å²) >= 11 is 0. The quantitative estimate of drug-likeness (QED) is 0.404. The summed E-state index contributed by atoms with van der Waals surface area (Å²) < 4.78 is 47.7. The lowest BCUT2D eigenvalue weighted by Crippen LogP contribution is -2.36. The second-order valence-electron chi connectivity index (χ2n) is 9.10. The van der Waals surface area contributed by atoms with Crippen LogP contribution in [0.2, 0.25) is 0 Å². The minimum absolute atomic E-state index is 0.0150. The van der Waals surface area contributed by atoms with Gasteiger partial charge in [-0.05, 0) is 49.7 Å². The number of carbonyl (C=O) groups is 1. The molecule has 3 N–H and O–H groups in total. The highest BCUT2D eigenvalue weighted by atomic mass is 19.4. The molecule has 0 atom stereocenters. The van der Waals surface area contributed by atoms with E-state index in [4.69, 9.17) is 10.5 Å². The average Bonchev–Trinajstić information content (AvgIpc) is 2.90. The number of halogens is 3. The summed E-state index contributed by atoms with van der Waals surface area (Å²) in [4.78, 5) is 39.8. The van der Waals surface area contributed by atoms with Crippen molar-refractivity contribution < 1.29 is 22.7 Å². The van der Waals surface area contributed by atoms with Crippen LogP contribution in [-0.4, -0.2) is 51.7 Å². The van der Waals surface area contributed by atoms with Gasteiger partial charge in [0.05, 0.1) is 29.9 Å². The predicted molar refractivity (Wildman–Crippen MR) is 139 cm³/mol. The zero-order chi connectivity index (χ0) is 27.9. The van der Waals surface area contributed by atoms with Crippen LogP contribution in [0, 0.1) is 13.8 Å². The largest absolute Gasteiger partial charge is 0.416 e. The van der Waals surface area contributed by atoms with Crippen molar-refractivity contribution in [1.82, 2.24) is 19.5 Å². The first-order chi connectivity index (χ1) is 18.5. The number of hydrogen-bond donors (Lipinski definition) is 2. The van der Waals surface area contributed by atoms with E-state index in [1.165, 1.54) is 16.8 Å². The number of morpholine rings is 1. The molecule has 0 saturated carbocycles. The lowest BCUT2D eigenvalue weighted by atomic mass is 10.1. The van der Waals surface area contributed by atoms with Crippen molar-refractivity contribution in [2.24, 2.45) is 0 Å². The molecule has 1 fully saturated rings. The van der Waals surface area contributed by atoms with E-state index in [-0.39, 0.29) is 28.5 Å². The third-order valence-corrected chi connectivity index (χ3v) is 6.50. The van der Waals surface area contributed by atoms with Crippen LogP contribution in [0.25, 0.3) is 16.7 Å². The second-order valence-corrected chi connectivity index (χ2v) is 9.10. The molecule has 2 aromatic heterocycles. The summed E-state index contributed by atoms with van der Waals surface area (Å²) in [5.41, 5.74) is 6.29. The Kier molecular flexibility index (Phi) is 6.68. The molecule has 1 saturated heterocycles. The topological polar surface area (TPSA) is 128 Å². The van der Waals surface area contributed by atoms with Gasteiger partial charge in [0.15, 0.2) is 5.65 Å². The fourth-order valence-electron chi connectivity index (χ4n) is 4.46. The Morgan fingerprint density at radius 1 is 1.08 bits per heavy atom. The number of nitrogen functional groups attached to an aromatic ring is 1. The third-order valence-electron chi connectivity index (χ3n) is 6.50. The van der Waals surface area contributed by atoms with Gasteiger partial charge < -0.3 is 20.7 Å². The van der Waals surface area contributed by atoms with Crippen molar-refractivity contribution in [2.75, 3.05) is 42.3 Å². The Labute approximate surface area is 220 Å². The Balaban J connectivity index is 1.51. The van der Waals surface area contributed by atoms with Crippen molar-refractivity contribution in [3.8, 4) is 5.69 Å². The van der Waals surface area contributed by atoms with Crippen LogP contribution in [0.15, 0.2) is 47.4 Å². The molecule has 3 heterocycles. The number of nitrogens with one attached hydrogen (secondary N) is 1. The fourth-order valence-corrected chi connectivity index (χ4v) is 4.46. The maximum absolute atomic E-state index is 13.7. The molecule has 2 aromatic carbocycles. The van der Waals surface area contributed by atoms with Crippen LogP contribution in [0.4, 0.5) is 30.5 Å². The average molecular weight is 540 g/mol. The maximum Gasteiger partial charge on any atom is 0.416 e. The zero-order valence-electron chi connectivity index (χ0n) is 21.0. The molecule has 1 amide bonds. The number of alkyl halides is 3. The number of aryl methyl sites for hydroxylation is 2. The highest BCUT2D eigenvalue weighted by molar-refractivity contribution is 6.05. The number of benzene rings is 2. The Morgan fingerprint density at radius 3 is 2.54 bits per heavy atom. The van der Waals surface area contributed by atoms with Crippen molar-refractivity contribution in [3.63, 3.8) is 0 Å². The first kappa shape index (κ1) is 26.1. The van der Waals surface area contributed by atoms with E-state index in [0.29, 0.717) is 48.6 Å². The van der Waals surface area contributed by atoms with Gasteiger partial charge in [0.25, 0.3) is 5.91 Å². The minimum atomic E-state index is -4.63. The predicted octanol–water partition coefficient (Wildman–Crippen LogP) is 3.48. The number of aromatic nitrogens is 4. The number of nitrogens with two attached hydrogens (primary N) is 1. The molecule has 39 heavy (non-hydrogen) atoms. The first-order valence-corrected chi connectivity index (χ1v) is 12.0. The van der Waals surface area contributed by atoms with Gasteiger partial charge >= 0.3 is 11.9 Å². The third kappa shape index (κ3) is 5.25. The van der Waals surface area contributed by atoms with E-state index in [2.05, 4.69) is 20.3 Å². The van der Waals surface area contributed by atoms with Gasteiger partial charge in [-0.2, -0.15) is 23.1 Å². The molecule has 0 aliphatic carbocycles. The van der Waals surface area contributed by atoms with Crippen molar-refractivity contribution in [1.29, 1.82) is 0 Å². The fraction of sp³-hybridized carbons (Fsp3) is 0.269. The van der Waals surface area contributed by atoms with Gasteiger partial charge in [0.2, 0.25) is 5.95 Å². The van der Waals surface area contributed by atoms with Gasteiger partial charge in [-0.15, -0.1) is 0 Å². The van der Waals surface area contributed by atoms with Crippen LogP contribution in [-0.2, 0) is 10.9 Å². The maximum atomic E-state index is 13.7. The Bertz CT molecular complexity index is 1650. The standard InChI is InChI=1S/C26H24F3N7O3/c1-14-3-4-18(12-21(14)36-15(2)20-13-31-24(30)33-22(20)34-25(36)38)32-23(37)16-9-17(26(27,28)29)11-19(10-16)35-5-7-39-8-6-35/h3-4,9-13H,5-8H2,1-2H3,(H,32,37)(H2,30,33,34,38). The van der Waals surface area contributed by atoms with Gasteiger partial charge in [-0.25, -0.2) is 9.78 Å². The summed E-state index contributed by atoms with van der Waals surface area (Å²) in [5, 5.41) is 3.17. The van der Waals surface area contributed by atoms with E-state index in [9.17, 15) is 22.8 Å². The van der Waals surface area contributed by atoms with E-state index in [0.717, 1.165) is 12.1 Å². The lowest BCUT2D eigenvalue weighted by Gasteiger charge is -2.29. The van der Waals surface area contributed by atoms with Gasteiger partial charge in [-0.1, -0.05) is 6.07 Å². The van der Waals surface area contributed by atoms with Crippen LogP contribution in [0.5, 0.6) is 0 Å². The lowest BCUT2D eigenvalue weighted by molar-refractivity contribution is -0.137. The smallest absolute Gasteiger partial charge is 0.378 e. The molecule has 10 nitrogen and oxygen atoms in total. The molecule has 202 valence electrons. The number of anilines is 3. The Morgan fingerprint density at radius 2 is 1.82 bits per heavy atom. The summed E-state index contributed by atoms with van der Waals surface area (Å²) in [6.07, 6.45) is -3.17. The normalized spacial score (nSPS) is 14.0. The van der Waals surface area contributed by atoms with E-state index in [1.54, 1.807) is 36.9 Å². The Hall–Kier alpha value is -4.52. The van der Waals surface area contributed by atoms with Crippen LogP contribution in [0.3, 0.4) is 0 Å². The number of carbonyl (C=O) groups excluding carboxylic acids is 1. The number of hydrogen-bond acceptors (Lipinski definition) is 8. The number of rotatable bonds is 4. The monoisotopic (exact) mass is 539 g/mol. The SMILES string of the molecule is Cc1ccc(NC(=O)c2cc(N3CCOCC3)cc(C(F)(F)F)c2)cc1-n1c(C)c2cnc(N)nc2nc1=O. The van der Waals surface area contributed by atoms with Crippen molar-refractivity contribution in [3.05, 3.63) is 75.5 Å². The van der Waals surface area contributed by atoms with Gasteiger partial charge in [-0.3, -0.25) is 9.36 Å². The van der Waals surface area contributed by atoms with Crippen LogP contribution < -0.4 is 21.6 Å². The highest BCUT2D eigenvalue weighted by Gasteiger charge is 2.32. The molecule has 0 unspecified atom stereocenters. The summed E-state index contributed by atoms with van der Waals surface area (Å²) in [5.74, 6) is -0.742. The molecule has 0 radical (unpaired) electrons. The molecular weight excluding hydrogens is 515 g/mol. The number of nitrogens with zero attached hydrogens (tertiary/aromatic N) is 5. The molecule has 13 heteroatoms. The zero-order valence-corrected chi connectivity index (χ0v) is 21.0. The van der Waals surface area contributed by atoms with E-state index >= 15 is 0 Å². The summed E-state index contributed by atoms with van der Waals surface area (Å²) in [6, 6.07) is 8.13.